The first kappa shape index (κ1) is 34.7. The molecule has 2 aliphatic rings. The Morgan fingerprint density at radius 1 is 1.10 bits per heavy atom. The van der Waals surface area contributed by atoms with Gasteiger partial charge in [0.25, 0.3) is 0 Å². The molecule has 3 N–H and O–H groups in total. The molecule has 0 amide bonds. The van der Waals surface area contributed by atoms with Crippen molar-refractivity contribution >= 4 is 27.5 Å². The van der Waals surface area contributed by atoms with Gasteiger partial charge < -0.3 is 25.0 Å². The first-order chi connectivity index (χ1) is 23.3. The molecule has 4 aromatic rings. The average Bonchev–Trinajstić information content (AvgIpc) is 3.41. The maximum absolute atomic E-state index is 14.4. The Morgan fingerprint density at radius 3 is 2.57 bits per heavy atom. The number of anilines is 1. The largest absolute Gasteiger partial charge is 0.481 e. The van der Waals surface area contributed by atoms with Gasteiger partial charge in [-0.2, -0.15) is 9.29 Å². The molecule has 1 atom stereocenters. The number of hydrogen-bond acceptors (Lipinski definition) is 10. The summed E-state index contributed by atoms with van der Waals surface area (Å²) >= 11 is 0. The van der Waals surface area contributed by atoms with Gasteiger partial charge >= 0.3 is 5.97 Å². The topological polar surface area (TPSA) is 168 Å². The van der Waals surface area contributed by atoms with Crippen molar-refractivity contribution in [3.8, 4) is 5.88 Å². The fourth-order valence-electron chi connectivity index (χ4n) is 6.88. The summed E-state index contributed by atoms with van der Waals surface area (Å²) in [7, 11) is -4.08. The molecule has 0 unspecified atom stereocenters. The molecular weight excluding hydrogens is 648 g/mol. The smallest absolute Gasteiger partial charge is 0.310 e. The van der Waals surface area contributed by atoms with E-state index < -0.39 is 32.9 Å². The van der Waals surface area contributed by atoms with Crippen LogP contribution in [0.1, 0.15) is 72.7 Å². The lowest BCUT2D eigenvalue weighted by Gasteiger charge is -2.38. The molecule has 14 heteroatoms. The highest BCUT2D eigenvalue weighted by Gasteiger charge is 2.46. The lowest BCUT2D eigenvalue weighted by molar-refractivity contribution is -0.147. The molecule has 6 rings (SSSR count). The van der Waals surface area contributed by atoms with Crippen LogP contribution in [0.5, 0.6) is 5.88 Å². The molecule has 1 saturated heterocycles. The van der Waals surface area contributed by atoms with E-state index in [1.165, 1.54) is 10.4 Å². The number of aryl methyl sites for hydroxylation is 3. The number of aliphatic carboxylic acids is 1. The summed E-state index contributed by atoms with van der Waals surface area (Å²) in [6.45, 7) is 10.6. The number of sulfonamides is 1. The summed E-state index contributed by atoms with van der Waals surface area (Å²) in [5.74, 6) is -0.309. The third kappa shape index (κ3) is 6.50. The minimum Gasteiger partial charge on any atom is -0.481 e. The van der Waals surface area contributed by atoms with Crippen LogP contribution >= 0.6 is 0 Å². The molecule has 0 radical (unpaired) electrons. The highest BCUT2D eigenvalue weighted by atomic mass is 32.2. The van der Waals surface area contributed by atoms with Crippen LogP contribution in [0.4, 0.5) is 5.82 Å². The molecule has 0 bridgehead atoms. The van der Waals surface area contributed by atoms with E-state index in [-0.39, 0.29) is 30.5 Å². The zero-order valence-corrected chi connectivity index (χ0v) is 29.4. The number of fused-ring (bicyclic) bond motifs is 2. The molecule has 5 heterocycles. The maximum Gasteiger partial charge on any atom is 0.310 e. The minimum absolute atomic E-state index is 0.0187. The molecule has 0 saturated carbocycles. The number of carbonyl (C=O) groups is 1. The summed E-state index contributed by atoms with van der Waals surface area (Å²) in [6, 6.07) is 10.8. The normalized spacial score (nSPS) is 18.1. The van der Waals surface area contributed by atoms with Gasteiger partial charge in [0.2, 0.25) is 15.9 Å². The zero-order valence-electron chi connectivity index (χ0n) is 28.6. The highest BCUT2D eigenvalue weighted by Crippen LogP contribution is 2.44. The second kappa shape index (κ2) is 13.3. The Labute approximate surface area is 286 Å². The van der Waals surface area contributed by atoms with Gasteiger partial charge in [0, 0.05) is 44.7 Å². The van der Waals surface area contributed by atoms with E-state index in [2.05, 4.69) is 20.5 Å². The Hall–Kier alpha value is -4.11. The number of carboxylic acids is 1. The zero-order chi connectivity index (χ0) is 35.1. The van der Waals surface area contributed by atoms with Crippen LogP contribution in [0, 0.1) is 26.2 Å². The Bertz CT molecular complexity index is 1990. The number of aromatic nitrogens is 4. The number of rotatable bonds is 10. The molecule has 1 aromatic carbocycles. The number of nitrogens with one attached hydrogen (secondary N) is 1. The summed E-state index contributed by atoms with van der Waals surface area (Å²) in [4.78, 5) is 17.3. The molecule has 1 spiro atoms. The van der Waals surface area contributed by atoms with Crippen LogP contribution in [-0.4, -0.2) is 87.0 Å². The van der Waals surface area contributed by atoms with Crippen LogP contribution in [0.3, 0.4) is 0 Å². The van der Waals surface area contributed by atoms with Crippen LogP contribution in [-0.2, 0) is 26.1 Å². The summed E-state index contributed by atoms with van der Waals surface area (Å²) in [5.41, 5.74) is 2.59. The van der Waals surface area contributed by atoms with Crippen molar-refractivity contribution in [2.75, 3.05) is 38.2 Å². The quantitative estimate of drug-likeness (QED) is 0.204. The van der Waals surface area contributed by atoms with Crippen molar-refractivity contribution < 1.29 is 32.9 Å². The van der Waals surface area contributed by atoms with Crippen molar-refractivity contribution in [2.24, 2.45) is 5.41 Å². The van der Waals surface area contributed by atoms with E-state index in [0.717, 1.165) is 33.6 Å². The number of carboxylic acid groups (broad SMARTS) is 1. The Kier molecular flexibility index (Phi) is 9.44. The van der Waals surface area contributed by atoms with E-state index in [1.54, 1.807) is 19.9 Å². The molecule has 0 aliphatic carbocycles. The van der Waals surface area contributed by atoms with Crippen molar-refractivity contribution in [3.63, 3.8) is 0 Å². The predicted octanol–water partition coefficient (Wildman–Crippen LogP) is 4.22. The summed E-state index contributed by atoms with van der Waals surface area (Å²) < 4.78 is 44.4. The Balaban J connectivity index is 1.43. The van der Waals surface area contributed by atoms with Gasteiger partial charge in [-0.25, -0.2) is 8.42 Å². The molecule has 262 valence electrons. The van der Waals surface area contributed by atoms with Gasteiger partial charge in [-0.05, 0) is 87.1 Å². The van der Waals surface area contributed by atoms with E-state index in [1.807, 2.05) is 55.6 Å². The standard InChI is InChI=1S/C35H44N6O7S/c1-22-7-8-25(30(34(4,5)33(43)44)27-11-15-41-24(3)38-39-31(41)23(27)2)19-26(22)20-40-21-35(12-17-47-18-13-35)48-32-28(49(40,45)46)9-10-29(37-32)36-14-6-16-42/h7-11,15,19,30,42H,6,12-14,16-18,20-21H2,1-5H3,(H,36,37)(H,43,44)/t30-/m0/s1. The average molecular weight is 693 g/mol. The number of ether oxygens (including phenoxy) is 2. The van der Waals surface area contributed by atoms with Crippen LogP contribution in [0.2, 0.25) is 0 Å². The predicted molar refractivity (Wildman–Crippen MR) is 182 cm³/mol. The lowest BCUT2D eigenvalue weighted by Crippen LogP contribution is -2.50. The molecule has 3 aromatic heterocycles. The third-order valence-electron chi connectivity index (χ3n) is 9.94. The minimum atomic E-state index is -4.08. The van der Waals surface area contributed by atoms with E-state index >= 15 is 0 Å². The number of hydrogen-bond donors (Lipinski definition) is 3. The number of benzene rings is 1. The van der Waals surface area contributed by atoms with Crippen molar-refractivity contribution in [2.45, 2.75) is 76.8 Å². The fourth-order valence-corrected chi connectivity index (χ4v) is 8.42. The molecule has 49 heavy (non-hydrogen) atoms. The number of nitrogens with zero attached hydrogens (tertiary/aromatic N) is 5. The van der Waals surface area contributed by atoms with Gasteiger partial charge in [0.05, 0.1) is 25.2 Å². The first-order valence-corrected chi connectivity index (χ1v) is 18.0. The fraction of sp³-hybridized carbons (Fsp3) is 0.486. The van der Waals surface area contributed by atoms with E-state index in [9.17, 15) is 23.4 Å². The van der Waals surface area contributed by atoms with Gasteiger partial charge in [0.15, 0.2) is 5.65 Å². The number of pyridine rings is 2. The molecule has 1 fully saturated rings. The summed E-state index contributed by atoms with van der Waals surface area (Å²) in [5, 5.41) is 31.3. The van der Waals surface area contributed by atoms with Crippen molar-refractivity contribution in [3.05, 3.63) is 76.2 Å². The first-order valence-electron chi connectivity index (χ1n) is 16.5. The maximum atomic E-state index is 14.4. The molecular formula is C35H44N6O7S. The van der Waals surface area contributed by atoms with E-state index in [0.29, 0.717) is 50.5 Å². The van der Waals surface area contributed by atoms with Crippen LogP contribution < -0.4 is 10.1 Å². The number of aliphatic hydroxyl groups is 1. The van der Waals surface area contributed by atoms with E-state index in [4.69, 9.17) is 9.47 Å². The highest BCUT2D eigenvalue weighted by molar-refractivity contribution is 7.89. The number of aliphatic hydroxyl groups excluding tert-OH is 1. The molecule has 2 aliphatic heterocycles. The third-order valence-corrected chi connectivity index (χ3v) is 11.7. The second-order valence-electron chi connectivity index (χ2n) is 13.7. The van der Waals surface area contributed by atoms with Gasteiger partial charge in [-0.1, -0.05) is 18.2 Å². The Morgan fingerprint density at radius 2 is 1.86 bits per heavy atom. The second-order valence-corrected chi connectivity index (χ2v) is 15.6. The summed E-state index contributed by atoms with van der Waals surface area (Å²) in [6.07, 6.45) is 3.35. The van der Waals surface area contributed by atoms with Crippen molar-refractivity contribution in [1.82, 2.24) is 23.9 Å². The lowest BCUT2D eigenvalue weighted by atomic mass is 9.70. The van der Waals surface area contributed by atoms with Gasteiger partial charge in [-0.3, -0.25) is 9.20 Å². The van der Waals surface area contributed by atoms with Gasteiger partial charge in [-0.15, -0.1) is 10.2 Å². The van der Waals surface area contributed by atoms with Gasteiger partial charge in [0.1, 0.15) is 22.1 Å². The monoisotopic (exact) mass is 692 g/mol. The van der Waals surface area contributed by atoms with Crippen molar-refractivity contribution in [1.29, 1.82) is 0 Å². The molecule has 13 nitrogen and oxygen atoms in total. The SMILES string of the molecule is Cc1ccc([C@@H](c2ccn3c(C)nnc3c2C)C(C)(C)C(=O)O)cc1CN1CC2(CCOCC2)Oc2nc(NCCCO)ccc2S1(=O)=O. The van der Waals surface area contributed by atoms with Crippen LogP contribution in [0.25, 0.3) is 5.65 Å². The van der Waals surface area contributed by atoms with Crippen LogP contribution in [0.15, 0.2) is 47.5 Å².